The average molecular weight is 775 g/mol. The molecular weight excluding hydrogens is 733 g/mol. The molecule has 2 aliphatic carbocycles. The van der Waals surface area contributed by atoms with Crippen molar-refractivity contribution in [2.45, 2.75) is 31.8 Å². The van der Waals surface area contributed by atoms with Crippen molar-refractivity contribution in [2.24, 2.45) is 9.98 Å². The summed E-state index contributed by atoms with van der Waals surface area (Å²) in [6.45, 7) is 0. The quantitative estimate of drug-likeness (QED) is 0.158. The molecule has 288 valence electrons. The van der Waals surface area contributed by atoms with Crippen LogP contribution in [0, 0.1) is 0 Å². The van der Waals surface area contributed by atoms with Gasteiger partial charge in [-0.15, -0.1) is 0 Å². The Labute approximate surface area is 350 Å². The van der Waals surface area contributed by atoms with Crippen molar-refractivity contribution in [2.75, 3.05) is 0 Å². The molecule has 60 heavy (non-hydrogen) atoms. The molecule has 1 aliphatic heterocycles. The Morgan fingerprint density at radius 2 is 1.08 bits per heavy atom. The van der Waals surface area contributed by atoms with Gasteiger partial charge in [-0.2, -0.15) is 0 Å². The maximum atomic E-state index is 5.34. The standard InChI is InChI=1S/C54H42N6/c1-5-19-37(20-6-1)45-31-13-15-33-47(45)53-57-49(39-23-9-3-10-24-39)55-51(59-53)43-29-17-27-41(35-43)42-28-18-30-44(36-42)52-56-50(40-25-11-4-12-26-40)58-54(60-52)48-34-16-14-32-46(48)38-21-7-2-8-22-38/h1-11,13-16,18-25,27-28,30-36,53H,12,17,26,29H2,(H,55,57,59). The van der Waals surface area contributed by atoms with E-state index < -0.39 is 0 Å². The number of hydrogen-bond acceptors (Lipinski definition) is 6. The Balaban J connectivity index is 1.03. The lowest BCUT2D eigenvalue weighted by Crippen LogP contribution is -2.34. The summed E-state index contributed by atoms with van der Waals surface area (Å²) >= 11 is 0. The number of amidine groups is 2. The summed E-state index contributed by atoms with van der Waals surface area (Å²) in [5.74, 6) is 3.59. The molecule has 6 aromatic carbocycles. The predicted molar refractivity (Wildman–Crippen MR) is 246 cm³/mol. The van der Waals surface area contributed by atoms with E-state index in [1.807, 2.05) is 12.1 Å². The van der Waals surface area contributed by atoms with E-state index >= 15 is 0 Å². The van der Waals surface area contributed by atoms with E-state index in [-0.39, 0.29) is 6.17 Å². The van der Waals surface area contributed by atoms with Crippen LogP contribution in [0.25, 0.3) is 56.2 Å². The van der Waals surface area contributed by atoms with Crippen molar-refractivity contribution >= 4 is 22.8 Å². The molecule has 1 atom stereocenters. The zero-order valence-electron chi connectivity index (χ0n) is 33.1. The Bertz CT molecular complexity index is 2890. The summed E-state index contributed by atoms with van der Waals surface area (Å²) in [6.07, 6.45) is 14.2. The van der Waals surface area contributed by atoms with Crippen LogP contribution in [0.1, 0.15) is 54.4 Å². The molecule has 6 nitrogen and oxygen atoms in total. The predicted octanol–water partition coefficient (Wildman–Crippen LogP) is 12.5. The van der Waals surface area contributed by atoms with Crippen LogP contribution in [0.3, 0.4) is 0 Å². The summed E-state index contributed by atoms with van der Waals surface area (Å²) in [4.78, 5) is 26.0. The molecular formula is C54H42N6. The molecule has 2 heterocycles. The van der Waals surface area contributed by atoms with Gasteiger partial charge in [-0.05, 0) is 82.4 Å². The van der Waals surface area contributed by atoms with Gasteiger partial charge in [0.1, 0.15) is 12.0 Å². The zero-order chi connectivity index (χ0) is 40.1. The van der Waals surface area contributed by atoms with Crippen molar-refractivity contribution in [3.05, 3.63) is 222 Å². The summed E-state index contributed by atoms with van der Waals surface area (Å²) in [7, 11) is 0. The van der Waals surface area contributed by atoms with Crippen LogP contribution >= 0.6 is 0 Å². The molecule has 10 rings (SSSR count). The topological polar surface area (TPSA) is 75.4 Å². The first-order valence-electron chi connectivity index (χ1n) is 20.7. The number of rotatable bonds is 9. The third kappa shape index (κ3) is 7.71. The first-order valence-corrected chi connectivity index (χ1v) is 20.7. The Morgan fingerprint density at radius 3 is 1.83 bits per heavy atom. The van der Waals surface area contributed by atoms with Gasteiger partial charge in [0.05, 0.1) is 0 Å². The fourth-order valence-corrected chi connectivity index (χ4v) is 8.14. The lowest BCUT2D eigenvalue weighted by atomic mass is 9.92. The minimum Gasteiger partial charge on any atom is -0.344 e. The number of benzene rings is 6. The molecule has 0 fully saturated rings. The first kappa shape index (κ1) is 36.7. The van der Waals surface area contributed by atoms with Gasteiger partial charge in [0.25, 0.3) is 0 Å². The van der Waals surface area contributed by atoms with E-state index in [1.165, 1.54) is 0 Å². The second-order valence-corrected chi connectivity index (χ2v) is 15.1. The van der Waals surface area contributed by atoms with Gasteiger partial charge in [0, 0.05) is 22.3 Å². The number of hydrogen-bond donors (Lipinski definition) is 1. The third-order valence-corrected chi connectivity index (χ3v) is 11.2. The minimum absolute atomic E-state index is 0.322. The lowest BCUT2D eigenvalue weighted by molar-refractivity contribution is 0.674. The van der Waals surface area contributed by atoms with Gasteiger partial charge in [-0.1, -0.05) is 182 Å². The molecule has 7 aromatic rings. The minimum atomic E-state index is -0.322. The van der Waals surface area contributed by atoms with Crippen LogP contribution in [-0.4, -0.2) is 26.6 Å². The van der Waals surface area contributed by atoms with Crippen molar-refractivity contribution in [1.29, 1.82) is 0 Å². The molecule has 1 N–H and O–H groups in total. The molecule has 0 radical (unpaired) electrons. The number of allylic oxidation sites excluding steroid dienone is 7. The van der Waals surface area contributed by atoms with Crippen molar-refractivity contribution in [3.8, 4) is 45.0 Å². The van der Waals surface area contributed by atoms with E-state index in [0.717, 1.165) is 104 Å². The van der Waals surface area contributed by atoms with Crippen LogP contribution in [0.15, 0.2) is 210 Å². The molecule has 0 saturated carbocycles. The fourth-order valence-electron chi connectivity index (χ4n) is 8.14. The maximum Gasteiger partial charge on any atom is 0.164 e. The normalized spacial score (nSPS) is 16.1. The molecule has 1 aromatic heterocycles. The average Bonchev–Trinajstić information content (AvgIpc) is 3.35. The van der Waals surface area contributed by atoms with Crippen LogP contribution in [0.5, 0.6) is 0 Å². The summed E-state index contributed by atoms with van der Waals surface area (Å²) < 4.78 is 0. The van der Waals surface area contributed by atoms with Gasteiger partial charge < -0.3 is 5.32 Å². The molecule has 0 saturated heterocycles. The lowest BCUT2D eigenvalue weighted by Gasteiger charge is -2.26. The smallest absolute Gasteiger partial charge is 0.164 e. The highest BCUT2D eigenvalue weighted by molar-refractivity contribution is 6.13. The molecule has 1 unspecified atom stereocenters. The summed E-state index contributed by atoms with van der Waals surface area (Å²) in [5, 5.41) is 3.68. The maximum absolute atomic E-state index is 5.34. The van der Waals surface area contributed by atoms with E-state index in [4.69, 9.17) is 24.9 Å². The Morgan fingerprint density at radius 1 is 0.483 bits per heavy atom. The van der Waals surface area contributed by atoms with Crippen LogP contribution in [0.4, 0.5) is 0 Å². The molecule has 6 heteroatoms. The second kappa shape index (κ2) is 16.7. The third-order valence-electron chi connectivity index (χ3n) is 11.2. The van der Waals surface area contributed by atoms with Gasteiger partial charge in [-0.25, -0.2) is 24.9 Å². The van der Waals surface area contributed by atoms with Crippen LogP contribution < -0.4 is 5.32 Å². The van der Waals surface area contributed by atoms with Gasteiger partial charge in [-0.3, -0.25) is 0 Å². The van der Waals surface area contributed by atoms with Crippen LogP contribution in [-0.2, 0) is 0 Å². The van der Waals surface area contributed by atoms with Crippen LogP contribution in [0.2, 0.25) is 0 Å². The first-order chi connectivity index (χ1) is 29.7. The monoisotopic (exact) mass is 774 g/mol. The Hall–Kier alpha value is -7.57. The largest absolute Gasteiger partial charge is 0.344 e. The number of aliphatic imine (C=N–C) groups is 2. The van der Waals surface area contributed by atoms with E-state index in [1.54, 1.807) is 0 Å². The number of aromatic nitrogens is 3. The van der Waals surface area contributed by atoms with Gasteiger partial charge in [0.15, 0.2) is 23.3 Å². The van der Waals surface area contributed by atoms with Crippen molar-refractivity contribution in [3.63, 3.8) is 0 Å². The molecule has 0 bridgehead atoms. The van der Waals surface area contributed by atoms with E-state index in [2.05, 4.69) is 187 Å². The molecule has 3 aliphatic rings. The SMILES string of the molecule is C1=CCCC(c2nc(-c3cccc(C4=CCCC(C5=NC(c6ccccc6-c6ccccc6)NC(c6ccccc6)=N5)=C4)c3)nc(-c3ccccc3-c3ccccc3)n2)=C1. The highest BCUT2D eigenvalue weighted by Crippen LogP contribution is 2.36. The van der Waals surface area contributed by atoms with Crippen molar-refractivity contribution in [1.82, 2.24) is 20.3 Å². The van der Waals surface area contributed by atoms with Crippen molar-refractivity contribution < 1.29 is 0 Å². The highest BCUT2D eigenvalue weighted by atomic mass is 15.2. The zero-order valence-corrected chi connectivity index (χ0v) is 33.1. The number of nitrogens with one attached hydrogen (secondary N) is 1. The summed E-state index contributed by atoms with van der Waals surface area (Å²) in [6, 6.07) is 56.7. The summed E-state index contributed by atoms with van der Waals surface area (Å²) in [5.41, 5.74) is 13.0. The Kier molecular flexibility index (Phi) is 10.2. The van der Waals surface area contributed by atoms with Gasteiger partial charge >= 0.3 is 0 Å². The number of nitrogens with zero attached hydrogens (tertiary/aromatic N) is 5. The van der Waals surface area contributed by atoms with E-state index in [9.17, 15) is 0 Å². The molecule has 0 amide bonds. The van der Waals surface area contributed by atoms with Gasteiger partial charge in [0.2, 0.25) is 0 Å². The fraction of sp³-hybridized carbons (Fsp3) is 0.0926. The van der Waals surface area contributed by atoms with E-state index in [0.29, 0.717) is 17.5 Å². The molecule has 0 spiro atoms. The highest BCUT2D eigenvalue weighted by Gasteiger charge is 2.25. The second-order valence-electron chi connectivity index (χ2n) is 15.1.